The Morgan fingerprint density at radius 1 is 1.27 bits per heavy atom. The van der Waals surface area contributed by atoms with Crippen molar-refractivity contribution in [3.8, 4) is 0 Å². The number of hydrogen-bond donors (Lipinski definition) is 0. The summed E-state index contributed by atoms with van der Waals surface area (Å²) in [5.41, 5.74) is 2.68. The minimum Gasteiger partial charge on any atom is -0.205 e. The second kappa shape index (κ2) is 1.98. The van der Waals surface area contributed by atoms with Crippen LogP contribution in [0.2, 0.25) is 0 Å². The lowest BCUT2D eigenvalue weighted by Gasteiger charge is -2.40. The van der Waals surface area contributed by atoms with Gasteiger partial charge in [-0.1, -0.05) is 18.2 Å². The monoisotopic (exact) mass is 206 g/mol. The van der Waals surface area contributed by atoms with E-state index in [9.17, 15) is 8.78 Å². The number of benzene rings is 1. The quantitative estimate of drug-likeness (QED) is 0.610. The molecule has 1 aromatic rings. The van der Waals surface area contributed by atoms with Crippen LogP contribution in [0.5, 0.6) is 0 Å². The topological polar surface area (TPSA) is 0 Å². The predicted molar refractivity (Wildman–Crippen MR) is 53.3 cm³/mol. The molecule has 2 saturated carbocycles. The predicted octanol–water partition coefficient (Wildman–Crippen LogP) is 3.39. The molecule has 2 fully saturated rings. The van der Waals surface area contributed by atoms with Crippen molar-refractivity contribution in [3.05, 3.63) is 34.9 Å². The lowest BCUT2D eigenvalue weighted by Crippen LogP contribution is -2.36. The molecule has 3 aliphatic carbocycles. The number of alkyl halides is 2. The molecule has 0 saturated heterocycles. The lowest BCUT2D eigenvalue weighted by molar-refractivity contribution is 0.0509. The Bertz CT molecular complexity index is 477. The van der Waals surface area contributed by atoms with E-state index in [1.807, 2.05) is 25.1 Å². The standard InChI is InChI=1S/C13H12F2/c1-7-3-2-4-8-11(7)9-5-6-10-12(8,9)13(10,14)15/h2-4,9-10H,5-6H2,1H3. The van der Waals surface area contributed by atoms with Crippen LogP contribution < -0.4 is 0 Å². The number of hydrogen-bond acceptors (Lipinski definition) is 0. The first-order chi connectivity index (χ1) is 7.12. The zero-order valence-electron chi connectivity index (χ0n) is 8.56. The Kier molecular flexibility index (Phi) is 1.09. The van der Waals surface area contributed by atoms with E-state index in [0.717, 1.165) is 12.0 Å². The normalized spacial score (nSPS) is 42.6. The maximum absolute atomic E-state index is 13.7. The highest BCUT2D eigenvalue weighted by molar-refractivity contribution is 5.64. The first-order valence-corrected chi connectivity index (χ1v) is 5.59. The highest BCUT2D eigenvalue weighted by Crippen LogP contribution is 2.84. The summed E-state index contributed by atoms with van der Waals surface area (Å²) in [5.74, 6) is -2.59. The van der Waals surface area contributed by atoms with Crippen LogP contribution in [0.15, 0.2) is 18.2 Å². The van der Waals surface area contributed by atoms with Crippen LogP contribution >= 0.6 is 0 Å². The van der Waals surface area contributed by atoms with Gasteiger partial charge in [0.15, 0.2) is 0 Å². The number of halogens is 2. The van der Waals surface area contributed by atoms with Crippen molar-refractivity contribution in [1.29, 1.82) is 0 Å². The molecule has 0 aromatic heterocycles. The van der Waals surface area contributed by atoms with Crippen molar-refractivity contribution in [2.75, 3.05) is 0 Å². The molecule has 0 bridgehead atoms. The largest absolute Gasteiger partial charge is 0.262 e. The highest BCUT2D eigenvalue weighted by Gasteiger charge is 2.89. The van der Waals surface area contributed by atoms with E-state index in [-0.39, 0.29) is 11.8 Å². The van der Waals surface area contributed by atoms with E-state index in [4.69, 9.17) is 0 Å². The summed E-state index contributed by atoms with van der Waals surface area (Å²) in [4.78, 5) is 0. The Hall–Kier alpha value is -0.920. The van der Waals surface area contributed by atoms with Crippen LogP contribution in [-0.4, -0.2) is 5.92 Å². The lowest BCUT2D eigenvalue weighted by atomic mass is 9.63. The van der Waals surface area contributed by atoms with Gasteiger partial charge in [-0.05, 0) is 36.5 Å². The van der Waals surface area contributed by atoms with Crippen LogP contribution in [0.25, 0.3) is 0 Å². The Balaban J connectivity index is 1.99. The van der Waals surface area contributed by atoms with Crippen LogP contribution in [0.3, 0.4) is 0 Å². The molecule has 2 heteroatoms. The Morgan fingerprint density at radius 3 is 2.80 bits per heavy atom. The van der Waals surface area contributed by atoms with Gasteiger partial charge in [-0.15, -0.1) is 0 Å². The van der Waals surface area contributed by atoms with E-state index < -0.39 is 11.3 Å². The summed E-state index contributed by atoms with van der Waals surface area (Å²) >= 11 is 0. The molecule has 1 aromatic carbocycles. The van der Waals surface area contributed by atoms with Gasteiger partial charge < -0.3 is 0 Å². The van der Waals surface area contributed by atoms with Crippen molar-refractivity contribution in [2.24, 2.45) is 5.92 Å². The second-order valence-electron chi connectivity index (χ2n) is 5.21. The third-order valence-corrected chi connectivity index (χ3v) is 4.87. The molecule has 3 atom stereocenters. The van der Waals surface area contributed by atoms with Crippen LogP contribution in [0.4, 0.5) is 8.78 Å². The van der Waals surface area contributed by atoms with Crippen molar-refractivity contribution in [2.45, 2.75) is 37.0 Å². The first kappa shape index (κ1) is 8.26. The maximum Gasteiger partial charge on any atom is 0.262 e. The van der Waals surface area contributed by atoms with Gasteiger partial charge in [-0.25, -0.2) is 8.78 Å². The van der Waals surface area contributed by atoms with Gasteiger partial charge in [0.05, 0.1) is 5.41 Å². The zero-order valence-corrected chi connectivity index (χ0v) is 8.56. The van der Waals surface area contributed by atoms with Crippen molar-refractivity contribution < 1.29 is 8.78 Å². The van der Waals surface area contributed by atoms with Gasteiger partial charge in [-0.3, -0.25) is 0 Å². The third kappa shape index (κ3) is 0.570. The van der Waals surface area contributed by atoms with Crippen molar-refractivity contribution >= 4 is 0 Å². The summed E-state index contributed by atoms with van der Waals surface area (Å²) in [7, 11) is 0. The minimum atomic E-state index is -2.41. The molecular weight excluding hydrogens is 194 g/mol. The molecule has 15 heavy (non-hydrogen) atoms. The molecule has 3 unspecified atom stereocenters. The second-order valence-corrected chi connectivity index (χ2v) is 5.21. The fraction of sp³-hybridized carbons (Fsp3) is 0.538. The van der Waals surface area contributed by atoms with Gasteiger partial charge in [0.25, 0.3) is 5.92 Å². The summed E-state index contributed by atoms with van der Waals surface area (Å²) in [5, 5.41) is 0. The molecule has 3 aliphatic rings. The summed E-state index contributed by atoms with van der Waals surface area (Å²) in [6.45, 7) is 2.04. The Labute approximate surface area is 87.3 Å². The SMILES string of the molecule is Cc1cccc2c1C1CCC3C(F)(F)C213. The van der Waals surface area contributed by atoms with Gasteiger partial charge in [0.2, 0.25) is 0 Å². The molecule has 1 spiro atoms. The molecule has 0 N–H and O–H groups in total. The van der Waals surface area contributed by atoms with Gasteiger partial charge >= 0.3 is 0 Å². The van der Waals surface area contributed by atoms with E-state index in [1.165, 1.54) is 11.1 Å². The maximum atomic E-state index is 13.7. The molecule has 0 nitrogen and oxygen atoms in total. The fourth-order valence-corrected chi connectivity index (χ4v) is 4.29. The molecule has 4 rings (SSSR count). The van der Waals surface area contributed by atoms with E-state index in [1.54, 1.807) is 0 Å². The van der Waals surface area contributed by atoms with Crippen LogP contribution in [-0.2, 0) is 5.41 Å². The number of aryl methyl sites for hydroxylation is 1. The zero-order chi connectivity index (χ0) is 10.4. The molecule has 0 radical (unpaired) electrons. The summed E-state index contributed by atoms with van der Waals surface area (Å²) in [6.07, 6.45) is 1.68. The van der Waals surface area contributed by atoms with Crippen LogP contribution in [0.1, 0.15) is 35.4 Å². The van der Waals surface area contributed by atoms with E-state index in [2.05, 4.69) is 0 Å². The first-order valence-electron chi connectivity index (χ1n) is 5.59. The molecule has 0 aliphatic heterocycles. The summed E-state index contributed by atoms with van der Waals surface area (Å²) in [6, 6.07) is 5.88. The van der Waals surface area contributed by atoms with Crippen LogP contribution in [0, 0.1) is 12.8 Å². The summed E-state index contributed by atoms with van der Waals surface area (Å²) < 4.78 is 27.5. The molecule has 0 amide bonds. The number of rotatable bonds is 0. The molecule has 78 valence electrons. The van der Waals surface area contributed by atoms with E-state index in [0.29, 0.717) is 6.42 Å². The average Bonchev–Trinajstić information content (AvgIpc) is 2.50. The highest BCUT2D eigenvalue weighted by atomic mass is 19.3. The minimum absolute atomic E-state index is 0.161. The molecule has 0 heterocycles. The van der Waals surface area contributed by atoms with Crippen molar-refractivity contribution in [3.63, 3.8) is 0 Å². The smallest absolute Gasteiger partial charge is 0.205 e. The average molecular weight is 206 g/mol. The fourth-order valence-electron chi connectivity index (χ4n) is 4.29. The van der Waals surface area contributed by atoms with Crippen molar-refractivity contribution in [1.82, 2.24) is 0 Å². The molecular formula is C13H12F2. The third-order valence-electron chi connectivity index (χ3n) is 4.87. The van der Waals surface area contributed by atoms with Gasteiger partial charge in [-0.2, -0.15) is 0 Å². The number of fused-ring (bicyclic) bond motifs is 2. The van der Waals surface area contributed by atoms with Gasteiger partial charge in [0, 0.05) is 11.8 Å². The van der Waals surface area contributed by atoms with E-state index >= 15 is 0 Å². The Morgan fingerprint density at radius 2 is 2.07 bits per heavy atom. The van der Waals surface area contributed by atoms with Gasteiger partial charge in [0.1, 0.15) is 0 Å².